The molecule has 6 heteroatoms. The van der Waals surface area contributed by atoms with Crippen LogP contribution in [-0.2, 0) is 4.79 Å². The Hall–Kier alpha value is -0.750. The fourth-order valence-corrected chi connectivity index (χ4v) is 2.94. The highest BCUT2D eigenvalue weighted by atomic mass is 19.3. The molecule has 0 aromatic rings. The average Bonchev–Trinajstić information content (AvgIpc) is 2.79. The molecule has 104 valence electrons. The number of nitrogens with one attached hydrogen (secondary N) is 2. The molecule has 0 spiro atoms. The largest absolute Gasteiger partial charge is 0.385 e. The highest BCUT2D eigenvalue weighted by Crippen LogP contribution is 2.33. The van der Waals surface area contributed by atoms with Crippen molar-refractivity contribution in [2.24, 2.45) is 5.92 Å². The minimum absolute atomic E-state index is 0.274. The molecule has 2 aliphatic rings. The number of carbonyl (C=O) groups is 1. The van der Waals surface area contributed by atoms with E-state index in [0.29, 0.717) is 12.0 Å². The van der Waals surface area contributed by atoms with Crippen LogP contribution in [0.15, 0.2) is 0 Å². The van der Waals surface area contributed by atoms with Gasteiger partial charge < -0.3 is 15.7 Å². The zero-order valence-corrected chi connectivity index (χ0v) is 10.2. The van der Waals surface area contributed by atoms with Crippen LogP contribution < -0.4 is 10.6 Å². The topological polar surface area (TPSA) is 61.4 Å². The van der Waals surface area contributed by atoms with Crippen LogP contribution in [-0.4, -0.2) is 42.2 Å². The first-order valence-corrected chi connectivity index (χ1v) is 6.58. The van der Waals surface area contributed by atoms with Gasteiger partial charge in [0, 0.05) is 12.6 Å². The molecule has 1 saturated heterocycles. The van der Waals surface area contributed by atoms with Crippen molar-refractivity contribution in [3.63, 3.8) is 0 Å². The first-order valence-electron chi connectivity index (χ1n) is 6.58. The van der Waals surface area contributed by atoms with Gasteiger partial charge in [-0.1, -0.05) is 12.8 Å². The van der Waals surface area contributed by atoms with Gasteiger partial charge in [0.05, 0.1) is 6.04 Å². The second-order valence-corrected chi connectivity index (χ2v) is 5.25. The maximum Gasteiger partial charge on any atom is 0.265 e. The number of rotatable bonds is 4. The minimum Gasteiger partial charge on any atom is -0.385 e. The van der Waals surface area contributed by atoms with Gasteiger partial charge in [-0.05, 0) is 25.2 Å². The smallest absolute Gasteiger partial charge is 0.265 e. The highest BCUT2D eigenvalue weighted by molar-refractivity contribution is 5.82. The van der Waals surface area contributed by atoms with Crippen LogP contribution in [0, 0.1) is 5.92 Å². The molecular weight excluding hydrogens is 242 g/mol. The van der Waals surface area contributed by atoms with E-state index in [0.717, 1.165) is 19.3 Å². The van der Waals surface area contributed by atoms with Crippen molar-refractivity contribution in [1.82, 2.24) is 10.6 Å². The van der Waals surface area contributed by atoms with Gasteiger partial charge in [0.2, 0.25) is 5.91 Å². The SMILES string of the molecule is O=C(NCC(O)C(F)F)C1CC2CCCCC2N1. The van der Waals surface area contributed by atoms with Crippen molar-refractivity contribution in [1.29, 1.82) is 0 Å². The normalized spacial score (nSPS) is 33.2. The van der Waals surface area contributed by atoms with Crippen LogP contribution in [0.2, 0.25) is 0 Å². The third-order valence-electron chi connectivity index (χ3n) is 3.96. The first-order chi connectivity index (χ1) is 8.58. The number of hydrogen-bond acceptors (Lipinski definition) is 3. The summed E-state index contributed by atoms with van der Waals surface area (Å²) in [5.74, 6) is 0.263. The molecule has 18 heavy (non-hydrogen) atoms. The van der Waals surface area contributed by atoms with Crippen LogP contribution in [0.1, 0.15) is 32.1 Å². The summed E-state index contributed by atoms with van der Waals surface area (Å²) in [5.41, 5.74) is 0. The van der Waals surface area contributed by atoms with E-state index in [-0.39, 0.29) is 18.5 Å². The Labute approximate surface area is 105 Å². The van der Waals surface area contributed by atoms with Crippen molar-refractivity contribution >= 4 is 5.91 Å². The molecular formula is C12H20F2N2O2. The van der Waals surface area contributed by atoms with E-state index in [9.17, 15) is 13.6 Å². The van der Waals surface area contributed by atoms with Gasteiger partial charge >= 0.3 is 0 Å². The first kappa shape index (κ1) is 13.7. The summed E-state index contributed by atoms with van der Waals surface area (Å²) in [5, 5.41) is 14.6. The maximum atomic E-state index is 12.1. The van der Waals surface area contributed by atoms with E-state index in [2.05, 4.69) is 10.6 Å². The Bertz CT molecular complexity index is 288. The van der Waals surface area contributed by atoms with E-state index >= 15 is 0 Å². The second-order valence-electron chi connectivity index (χ2n) is 5.25. The molecule has 1 amide bonds. The monoisotopic (exact) mass is 262 g/mol. The van der Waals surface area contributed by atoms with E-state index < -0.39 is 12.5 Å². The second kappa shape index (κ2) is 5.93. The molecule has 0 aromatic heterocycles. The molecule has 4 nitrogen and oxygen atoms in total. The molecule has 1 aliphatic heterocycles. The van der Waals surface area contributed by atoms with Crippen LogP contribution in [0.5, 0.6) is 0 Å². The lowest BCUT2D eigenvalue weighted by molar-refractivity contribution is -0.123. The fourth-order valence-electron chi connectivity index (χ4n) is 2.94. The average molecular weight is 262 g/mol. The Morgan fingerprint density at radius 2 is 2.11 bits per heavy atom. The van der Waals surface area contributed by atoms with Crippen molar-refractivity contribution in [3.8, 4) is 0 Å². The van der Waals surface area contributed by atoms with Crippen molar-refractivity contribution < 1.29 is 18.7 Å². The molecule has 2 fully saturated rings. The molecule has 0 aromatic carbocycles. The standard InChI is InChI=1S/C12H20F2N2O2/c13-11(14)10(17)6-15-12(18)9-5-7-3-1-2-4-8(7)16-9/h7-11,16-17H,1-6H2,(H,15,18). The Morgan fingerprint density at radius 1 is 1.39 bits per heavy atom. The predicted molar refractivity (Wildman–Crippen MR) is 62.3 cm³/mol. The summed E-state index contributed by atoms with van der Waals surface area (Å²) in [6.07, 6.45) is 0.812. The number of amides is 1. The number of aliphatic hydroxyl groups is 1. The van der Waals surface area contributed by atoms with Crippen molar-refractivity contribution in [2.45, 2.75) is 56.7 Å². The summed E-state index contributed by atoms with van der Waals surface area (Å²) in [6, 6.07) is 0.109. The lowest BCUT2D eigenvalue weighted by Crippen LogP contribution is -2.46. The molecule has 1 aliphatic carbocycles. The summed E-state index contributed by atoms with van der Waals surface area (Å²) in [7, 11) is 0. The van der Waals surface area contributed by atoms with E-state index in [4.69, 9.17) is 5.11 Å². The van der Waals surface area contributed by atoms with E-state index in [1.165, 1.54) is 12.8 Å². The van der Waals surface area contributed by atoms with Gasteiger partial charge in [0.15, 0.2) is 0 Å². The summed E-state index contributed by atoms with van der Waals surface area (Å²) in [4.78, 5) is 11.8. The van der Waals surface area contributed by atoms with Gasteiger partial charge in [-0.2, -0.15) is 0 Å². The molecule has 0 radical (unpaired) electrons. The molecule has 1 heterocycles. The molecule has 1 saturated carbocycles. The minimum atomic E-state index is -2.82. The van der Waals surface area contributed by atoms with Gasteiger partial charge in [0.1, 0.15) is 6.10 Å². The number of halogens is 2. The fraction of sp³-hybridized carbons (Fsp3) is 0.917. The number of aliphatic hydroxyl groups excluding tert-OH is 1. The third-order valence-corrected chi connectivity index (χ3v) is 3.96. The predicted octanol–water partition coefficient (Wildman–Crippen LogP) is 0.649. The molecule has 0 bridgehead atoms. The maximum absolute atomic E-state index is 12.1. The number of fused-ring (bicyclic) bond motifs is 1. The summed E-state index contributed by atoms with van der Waals surface area (Å²) < 4.78 is 24.2. The van der Waals surface area contributed by atoms with Crippen molar-refractivity contribution in [2.75, 3.05) is 6.54 Å². The zero-order valence-electron chi connectivity index (χ0n) is 10.2. The zero-order chi connectivity index (χ0) is 13.1. The van der Waals surface area contributed by atoms with Gasteiger partial charge in [-0.3, -0.25) is 4.79 Å². The quantitative estimate of drug-likeness (QED) is 0.697. The summed E-state index contributed by atoms with van der Waals surface area (Å²) in [6.45, 7) is -0.385. The molecule has 2 rings (SSSR count). The lowest BCUT2D eigenvalue weighted by Gasteiger charge is -2.24. The Balaban J connectivity index is 1.76. The Kier molecular flexibility index (Phi) is 4.50. The highest BCUT2D eigenvalue weighted by Gasteiger charge is 2.38. The molecule has 3 N–H and O–H groups in total. The number of hydrogen-bond donors (Lipinski definition) is 3. The van der Waals surface area contributed by atoms with E-state index in [1.807, 2.05) is 0 Å². The number of carbonyl (C=O) groups excluding carboxylic acids is 1. The van der Waals surface area contributed by atoms with Gasteiger partial charge in [-0.25, -0.2) is 8.78 Å². The molecule has 4 unspecified atom stereocenters. The van der Waals surface area contributed by atoms with Crippen molar-refractivity contribution in [3.05, 3.63) is 0 Å². The number of alkyl halides is 2. The van der Waals surface area contributed by atoms with Crippen LogP contribution in [0.25, 0.3) is 0 Å². The van der Waals surface area contributed by atoms with E-state index in [1.54, 1.807) is 0 Å². The summed E-state index contributed by atoms with van der Waals surface area (Å²) >= 11 is 0. The van der Waals surface area contributed by atoms with Crippen LogP contribution in [0.4, 0.5) is 8.78 Å². The molecule has 4 atom stereocenters. The lowest BCUT2D eigenvalue weighted by atomic mass is 9.85. The van der Waals surface area contributed by atoms with Gasteiger partial charge in [-0.15, -0.1) is 0 Å². The van der Waals surface area contributed by atoms with Gasteiger partial charge in [0.25, 0.3) is 6.43 Å². The van der Waals surface area contributed by atoms with Crippen LogP contribution >= 0.6 is 0 Å². The Morgan fingerprint density at radius 3 is 2.78 bits per heavy atom. The third kappa shape index (κ3) is 3.17. The van der Waals surface area contributed by atoms with Crippen LogP contribution in [0.3, 0.4) is 0 Å².